The highest BCUT2D eigenvalue weighted by molar-refractivity contribution is 7.98. The molecule has 0 aliphatic carbocycles. The molecule has 4 aromatic rings. The molecule has 0 spiro atoms. The van der Waals surface area contributed by atoms with E-state index >= 15 is 0 Å². The van der Waals surface area contributed by atoms with Gasteiger partial charge < -0.3 is 9.30 Å². The van der Waals surface area contributed by atoms with E-state index in [1.165, 1.54) is 0 Å². The fourth-order valence-corrected chi connectivity index (χ4v) is 6.24. The highest BCUT2D eigenvalue weighted by Gasteiger charge is 2.44. The van der Waals surface area contributed by atoms with Crippen LogP contribution in [0, 0.1) is 6.92 Å². The van der Waals surface area contributed by atoms with E-state index in [9.17, 15) is 0 Å². The lowest BCUT2D eigenvalue weighted by atomic mass is 10.1. The van der Waals surface area contributed by atoms with Crippen molar-refractivity contribution in [1.82, 2.24) is 14.5 Å². The van der Waals surface area contributed by atoms with Crippen molar-refractivity contribution in [3.63, 3.8) is 0 Å². The third kappa shape index (κ3) is 4.97. The Bertz CT molecular complexity index is 1230. The third-order valence-corrected chi connectivity index (χ3v) is 8.88. The molecule has 1 aliphatic rings. The van der Waals surface area contributed by atoms with Gasteiger partial charge in [0.2, 0.25) is 0 Å². The molecule has 170 valence electrons. The Morgan fingerprint density at radius 3 is 2.52 bits per heavy atom. The van der Waals surface area contributed by atoms with Crippen LogP contribution in [-0.2, 0) is 10.5 Å². The summed E-state index contributed by atoms with van der Waals surface area (Å²) < 4.78 is 8.19. The molecule has 0 saturated carbocycles. The van der Waals surface area contributed by atoms with Crippen molar-refractivity contribution in [2.45, 2.75) is 40.7 Å². The summed E-state index contributed by atoms with van der Waals surface area (Å²) >= 11 is 22.7. The van der Waals surface area contributed by atoms with Crippen LogP contribution in [0.1, 0.15) is 29.3 Å². The maximum absolute atomic E-state index is 6.66. The Balaban J connectivity index is 1.22. The fraction of sp³-hybridized carbons (Fsp3) is 0.250. The first kappa shape index (κ1) is 23.2. The van der Waals surface area contributed by atoms with E-state index < -0.39 is 0 Å². The summed E-state index contributed by atoms with van der Waals surface area (Å²) in [4.78, 5) is 10.1. The van der Waals surface area contributed by atoms with Crippen LogP contribution >= 0.6 is 57.9 Å². The van der Waals surface area contributed by atoms with Gasteiger partial charge in [-0.05, 0) is 36.8 Å². The molecule has 1 fully saturated rings. The predicted octanol–water partition coefficient (Wildman–Crippen LogP) is 7.75. The lowest BCUT2D eigenvalue weighted by Crippen LogP contribution is -2.20. The predicted molar refractivity (Wildman–Crippen MR) is 138 cm³/mol. The largest absolute Gasteiger partial charge is 0.347 e. The summed E-state index contributed by atoms with van der Waals surface area (Å²) in [6.07, 6.45) is 2.91. The van der Waals surface area contributed by atoms with Gasteiger partial charge in [-0.1, -0.05) is 35.9 Å². The van der Waals surface area contributed by atoms with Crippen molar-refractivity contribution in [2.24, 2.45) is 0 Å². The van der Waals surface area contributed by atoms with Crippen LogP contribution in [-0.4, -0.2) is 25.3 Å². The number of halogens is 3. The minimum absolute atomic E-state index is 0.277. The van der Waals surface area contributed by atoms with Gasteiger partial charge in [0, 0.05) is 38.5 Å². The Morgan fingerprint density at radius 1 is 1.06 bits per heavy atom. The summed E-state index contributed by atoms with van der Waals surface area (Å²) in [5.74, 6) is 0.799. The van der Waals surface area contributed by atoms with E-state index in [1.807, 2.05) is 35.8 Å². The highest BCUT2D eigenvalue weighted by Crippen LogP contribution is 2.45. The van der Waals surface area contributed by atoms with Crippen LogP contribution < -0.4 is 0 Å². The fourth-order valence-electron chi connectivity index (χ4n) is 3.75. The molecule has 2 aromatic carbocycles. The molecule has 1 saturated heterocycles. The number of imidazole rings is 1. The van der Waals surface area contributed by atoms with E-state index in [2.05, 4.69) is 34.6 Å². The second-order valence-electron chi connectivity index (χ2n) is 7.79. The molecule has 1 aliphatic heterocycles. The Hall–Kier alpha value is -1.54. The van der Waals surface area contributed by atoms with Crippen LogP contribution in [0.3, 0.4) is 0 Å². The lowest BCUT2D eigenvalue weighted by molar-refractivity contribution is 0.00152. The molecule has 33 heavy (non-hydrogen) atoms. The number of aromatic nitrogens is 3. The lowest BCUT2D eigenvalue weighted by Gasteiger charge is -2.17. The number of alkyl halides is 2. The normalized spacial score (nSPS) is 22.7. The third-order valence-electron chi connectivity index (χ3n) is 5.52. The number of rotatable bonds is 6. The molecule has 0 amide bonds. The molecule has 4 atom stereocenters. The molecule has 0 bridgehead atoms. The van der Waals surface area contributed by atoms with Crippen molar-refractivity contribution in [1.29, 1.82) is 0 Å². The van der Waals surface area contributed by atoms with Gasteiger partial charge in [-0.25, -0.2) is 9.97 Å². The van der Waals surface area contributed by atoms with E-state index in [1.54, 1.807) is 35.6 Å². The number of aryl methyl sites for hydroxylation is 1. The summed E-state index contributed by atoms with van der Waals surface area (Å²) in [5, 5.41) is 3.15. The number of ether oxygens (including phenoxy) is 1. The minimum atomic E-state index is -0.349. The first-order chi connectivity index (χ1) is 16.0. The standard InChI is InChI=1S/C24H20Cl3N3OS2/c1-14-10-28-13-30(14)24-21(27)20(26)22(31-24)15-4-8-19(9-5-15)32-11-18-12-33-23(29-18)16-2-6-17(25)7-3-16/h2-10,12-13,20-22,24H,11H2,1H3/t20-,21+,22+,24-/m1/s1. The first-order valence-corrected chi connectivity index (χ1v) is 13.5. The molecule has 0 radical (unpaired) electrons. The zero-order valence-electron chi connectivity index (χ0n) is 17.6. The zero-order valence-corrected chi connectivity index (χ0v) is 21.5. The molecule has 9 heteroatoms. The smallest absolute Gasteiger partial charge is 0.153 e. The second kappa shape index (κ2) is 9.98. The van der Waals surface area contributed by atoms with Crippen molar-refractivity contribution < 1.29 is 4.74 Å². The van der Waals surface area contributed by atoms with Crippen molar-refractivity contribution in [3.05, 3.63) is 88.4 Å². The maximum Gasteiger partial charge on any atom is 0.153 e. The Labute approximate surface area is 215 Å². The number of thiazole rings is 1. The summed E-state index contributed by atoms with van der Waals surface area (Å²) in [6.45, 7) is 1.98. The number of hydrogen-bond acceptors (Lipinski definition) is 5. The van der Waals surface area contributed by atoms with E-state index in [0.29, 0.717) is 0 Å². The molecule has 2 aromatic heterocycles. The molecular formula is C24H20Cl3N3OS2. The van der Waals surface area contributed by atoms with Gasteiger partial charge in [-0.3, -0.25) is 0 Å². The first-order valence-electron chi connectivity index (χ1n) is 10.3. The summed E-state index contributed by atoms with van der Waals surface area (Å²) in [5.41, 5.74) is 4.15. The highest BCUT2D eigenvalue weighted by atomic mass is 35.5. The summed E-state index contributed by atoms with van der Waals surface area (Å²) in [7, 11) is 0. The van der Waals surface area contributed by atoms with E-state index in [-0.39, 0.29) is 23.1 Å². The average molecular weight is 537 g/mol. The van der Waals surface area contributed by atoms with E-state index in [0.717, 1.165) is 43.2 Å². The van der Waals surface area contributed by atoms with Crippen LogP contribution in [0.5, 0.6) is 0 Å². The number of thioether (sulfide) groups is 1. The number of benzene rings is 2. The van der Waals surface area contributed by atoms with E-state index in [4.69, 9.17) is 44.5 Å². The Kier molecular flexibility index (Phi) is 7.02. The molecule has 4 nitrogen and oxygen atoms in total. The van der Waals surface area contributed by atoms with Crippen molar-refractivity contribution in [2.75, 3.05) is 0 Å². The molecule has 0 unspecified atom stereocenters. The van der Waals surface area contributed by atoms with Gasteiger partial charge in [0.15, 0.2) is 6.23 Å². The van der Waals surface area contributed by atoms with Gasteiger partial charge in [0.05, 0.1) is 22.8 Å². The second-order valence-corrected chi connectivity index (χ2v) is 11.1. The van der Waals surface area contributed by atoms with Gasteiger partial charge >= 0.3 is 0 Å². The molecule has 0 N–H and O–H groups in total. The Morgan fingerprint density at radius 2 is 1.82 bits per heavy atom. The number of nitrogens with zero attached hydrogens (tertiary/aromatic N) is 3. The van der Waals surface area contributed by atoms with Crippen LogP contribution in [0.4, 0.5) is 0 Å². The van der Waals surface area contributed by atoms with Gasteiger partial charge in [0.25, 0.3) is 0 Å². The monoisotopic (exact) mass is 535 g/mol. The maximum atomic E-state index is 6.66. The molecule has 3 heterocycles. The van der Waals surface area contributed by atoms with Crippen LogP contribution in [0.25, 0.3) is 10.6 Å². The van der Waals surface area contributed by atoms with Gasteiger partial charge in [-0.15, -0.1) is 46.3 Å². The average Bonchev–Trinajstić information content (AvgIpc) is 3.54. The topological polar surface area (TPSA) is 39.9 Å². The summed E-state index contributed by atoms with van der Waals surface area (Å²) in [6, 6.07) is 16.1. The minimum Gasteiger partial charge on any atom is -0.347 e. The zero-order chi connectivity index (χ0) is 22.9. The SMILES string of the molecule is Cc1cncn1[C@@H]1O[C@@H](c2ccc(SCc3csc(-c4ccc(Cl)cc4)n3)cc2)[C@H](Cl)[C@@H]1Cl. The van der Waals surface area contributed by atoms with Gasteiger partial charge in [-0.2, -0.15) is 0 Å². The molecule has 5 rings (SSSR count). The van der Waals surface area contributed by atoms with Crippen LogP contribution in [0.2, 0.25) is 5.02 Å². The molecular weight excluding hydrogens is 517 g/mol. The van der Waals surface area contributed by atoms with Crippen molar-refractivity contribution in [3.8, 4) is 10.6 Å². The van der Waals surface area contributed by atoms with Crippen LogP contribution in [0.15, 0.2) is 71.3 Å². The van der Waals surface area contributed by atoms with Gasteiger partial charge in [0.1, 0.15) is 11.1 Å². The quantitative estimate of drug-likeness (QED) is 0.187. The van der Waals surface area contributed by atoms with Crippen molar-refractivity contribution >= 4 is 57.9 Å². The number of hydrogen-bond donors (Lipinski definition) is 0.